The van der Waals surface area contributed by atoms with Gasteiger partial charge in [0.2, 0.25) is 0 Å². The highest BCUT2D eigenvalue weighted by Gasteiger charge is 2.19. The molecule has 0 unspecified atom stereocenters. The minimum Gasteiger partial charge on any atom is -0.0622 e. The molecule has 0 aliphatic carbocycles. The predicted molar refractivity (Wildman–Crippen MR) is 437 cm³/mol. The molecule has 0 N–H and O–H groups in total. The van der Waals surface area contributed by atoms with Crippen molar-refractivity contribution >= 4 is 64.6 Å². The number of fused-ring (bicyclic) bond motifs is 6. The van der Waals surface area contributed by atoms with Crippen molar-refractivity contribution in [1.29, 1.82) is 0 Å². The van der Waals surface area contributed by atoms with Gasteiger partial charge in [-0.3, -0.25) is 0 Å². The maximum atomic E-state index is 2.36. The summed E-state index contributed by atoms with van der Waals surface area (Å²) in [6.07, 6.45) is 0. The summed E-state index contributed by atoms with van der Waals surface area (Å²) in [4.78, 5) is 0. The van der Waals surface area contributed by atoms with Crippen LogP contribution in [0.4, 0.5) is 0 Å². The average molecular weight is 1290 g/mol. The topological polar surface area (TPSA) is 0 Å². The molecule has 480 valence electrons. The van der Waals surface area contributed by atoms with Crippen molar-refractivity contribution in [3.8, 4) is 100 Å². The summed E-state index contributed by atoms with van der Waals surface area (Å²) in [6.45, 7) is 9.01. The molecule has 18 rings (SSSR count). The van der Waals surface area contributed by atoms with E-state index in [1.807, 2.05) is 0 Å². The quantitative estimate of drug-likeness (QED) is 0.126. The molecule has 18 aromatic carbocycles. The van der Waals surface area contributed by atoms with Crippen molar-refractivity contribution in [3.05, 3.63) is 399 Å². The van der Waals surface area contributed by atoms with Gasteiger partial charge < -0.3 is 0 Å². The molecule has 0 bridgehead atoms. The third kappa shape index (κ3) is 13.2. The Bertz CT molecular complexity index is 5680. The molecule has 0 atom stereocenters. The van der Waals surface area contributed by atoms with Crippen molar-refractivity contribution in [3.63, 3.8) is 0 Å². The number of aryl methyl sites for hydroxylation is 1. The second-order valence-corrected chi connectivity index (χ2v) is 27.6. The van der Waals surface area contributed by atoms with Gasteiger partial charge in [0.05, 0.1) is 0 Å². The first-order chi connectivity index (χ1) is 49.6. The molecule has 0 aliphatic heterocycles. The molecule has 0 saturated carbocycles. The van der Waals surface area contributed by atoms with Gasteiger partial charge >= 0.3 is 0 Å². The van der Waals surface area contributed by atoms with Gasteiger partial charge in [-0.15, -0.1) is 0 Å². The van der Waals surface area contributed by atoms with E-state index in [-0.39, 0.29) is 5.41 Å². The average Bonchev–Trinajstić information content (AvgIpc) is 0.762. The van der Waals surface area contributed by atoms with Crippen LogP contribution in [-0.4, -0.2) is 0 Å². The fourth-order valence-corrected chi connectivity index (χ4v) is 14.8. The van der Waals surface area contributed by atoms with Crippen molar-refractivity contribution in [2.75, 3.05) is 0 Å². The second-order valence-electron chi connectivity index (χ2n) is 27.6. The zero-order valence-electron chi connectivity index (χ0n) is 57.5. The Kier molecular flexibility index (Phi) is 17.4. The van der Waals surface area contributed by atoms with E-state index in [2.05, 4.69) is 416 Å². The maximum Gasteiger partial charge on any atom is -0.00241 e. The van der Waals surface area contributed by atoms with Crippen molar-refractivity contribution < 1.29 is 0 Å². The molecule has 0 amide bonds. The molecule has 0 heterocycles. The Morgan fingerprint density at radius 3 is 0.624 bits per heavy atom. The van der Waals surface area contributed by atoms with E-state index in [0.717, 1.165) is 0 Å². The molecule has 101 heavy (non-hydrogen) atoms. The van der Waals surface area contributed by atoms with Crippen LogP contribution in [0.1, 0.15) is 31.9 Å². The van der Waals surface area contributed by atoms with Crippen LogP contribution in [0, 0.1) is 6.92 Å². The Hall–Kier alpha value is -12.5. The Morgan fingerprint density at radius 2 is 0.376 bits per heavy atom. The molecular weight excluding hydrogens is 1210 g/mol. The zero-order chi connectivity index (χ0) is 68.2. The molecule has 0 aliphatic rings. The fourth-order valence-electron chi connectivity index (χ4n) is 14.8. The van der Waals surface area contributed by atoms with Crippen LogP contribution in [0.25, 0.3) is 165 Å². The largest absolute Gasteiger partial charge is 0.0622 e. The lowest BCUT2D eigenvalue weighted by Gasteiger charge is -2.20. The third-order valence-electron chi connectivity index (χ3n) is 20.0. The van der Waals surface area contributed by atoms with E-state index in [9.17, 15) is 0 Å². The summed E-state index contributed by atoms with van der Waals surface area (Å²) < 4.78 is 0. The highest BCUT2D eigenvalue weighted by Crippen LogP contribution is 2.44. The number of benzene rings is 18. The lowest BCUT2D eigenvalue weighted by atomic mass is 9.85. The first-order valence-corrected chi connectivity index (χ1v) is 35.2. The zero-order valence-corrected chi connectivity index (χ0v) is 57.5. The minimum absolute atomic E-state index is 0.133. The third-order valence-corrected chi connectivity index (χ3v) is 20.0. The number of hydrogen-bond donors (Lipinski definition) is 0. The SMILES string of the molecule is CC(C)(C)c1ccc(-c2c3ccc(-c4ccccc4)cc3cc3cc(-c4ccccc4)ccc23)cc1.Cc1ccccc1-c1c2ccc(-c3ccccc3)cc2cc2cc(-c3ccccc3)ccc12.c1ccc(-c2ccc3c(-c4ccccc4)c4ccc(-c5ccccc5)cc4cc3c2)cc1. The molecule has 0 fully saturated rings. The van der Waals surface area contributed by atoms with Crippen molar-refractivity contribution in [2.45, 2.75) is 33.1 Å². The minimum atomic E-state index is 0.133. The van der Waals surface area contributed by atoms with Crippen molar-refractivity contribution in [2.24, 2.45) is 0 Å². The smallest absolute Gasteiger partial charge is 0.00241 e. The predicted octanol–water partition coefficient (Wildman–Crippen LogP) is 28.6. The Morgan fingerprint density at radius 1 is 0.168 bits per heavy atom. The molecule has 18 aromatic rings. The summed E-state index contributed by atoms with van der Waals surface area (Å²) in [5, 5.41) is 15.4. The monoisotopic (exact) mass is 1290 g/mol. The van der Waals surface area contributed by atoms with Gasteiger partial charge in [-0.25, -0.2) is 0 Å². The highest BCUT2D eigenvalue weighted by atomic mass is 14.2. The van der Waals surface area contributed by atoms with Crippen molar-refractivity contribution in [1.82, 2.24) is 0 Å². The Balaban J connectivity index is 0.000000118. The van der Waals surface area contributed by atoms with Gasteiger partial charge in [0.15, 0.2) is 0 Å². The summed E-state index contributed by atoms with van der Waals surface area (Å²) >= 11 is 0. The first-order valence-electron chi connectivity index (χ1n) is 35.2. The van der Waals surface area contributed by atoms with Crippen LogP contribution in [0.2, 0.25) is 0 Å². The van der Waals surface area contributed by atoms with E-state index in [1.54, 1.807) is 0 Å². The van der Waals surface area contributed by atoms with Crippen LogP contribution in [0.5, 0.6) is 0 Å². The van der Waals surface area contributed by atoms with Gasteiger partial charge in [-0.2, -0.15) is 0 Å². The van der Waals surface area contributed by atoms with Gasteiger partial charge in [-0.1, -0.05) is 354 Å². The van der Waals surface area contributed by atoms with Gasteiger partial charge in [-0.05, 0) is 243 Å². The second kappa shape index (κ2) is 27.8. The molecule has 0 heteroatoms. The standard InChI is InChI=1S/C36H30.C33H24.C32H22/c1-36(2,3)32-18-14-27(15-19-32)35-33-20-16-28(25-10-6-4-7-11-25)22-30(33)24-31-23-29(17-21-34(31)35)26-12-8-5-9-13-26;1-23-10-8-9-15-30(23)33-31-18-16-26(24-11-4-2-5-12-24)20-28(31)22-29-21-27(17-19-32(29)33)25-13-6-3-7-14-25;1-4-10-23(11-5-1)26-16-18-30-28(20-26)22-29-21-27(24-12-6-2-7-13-24)17-19-31(29)32(30)25-14-8-3-9-15-25/h4-24H,1-3H3;2-22H,1H3;1-22H. The van der Waals surface area contributed by atoms with Gasteiger partial charge in [0, 0.05) is 0 Å². The summed E-state index contributed by atoms with van der Waals surface area (Å²) in [6, 6.07) is 141. The molecule has 0 nitrogen and oxygen atoms in total. The van der Waals surface area contributed by atoms with Crippen LogP contribution >= 0.6 is 0 Å². The fraction of sp³-hybridized carbons (Fsp3) is 0.0495. The van der Waals surface area contributed by atoms with E-state index < -0.39 is 0 Å². The van der Waals surface area contributed by atoms with E-state index in [0.29, 0.717) is 0 Å². The lowest BCUT2D eigenvalue weighted by molar-refractivity contribution is 0.590. The highest BCUT2D eigenvalue weighted by molar-refractivity contribution is 6.17. The summed E-state index contributed by atoms with van der Waals surface area (Å²) in [5.41, 5.74) is 25.5. The maximum absolute atomic E-state index is 2.36. The molecule has 0 radical (unpaired) electrons. The van der Waals surface area contributed by atoms with Gasteiger partial charge in [0.25, 0.3) is 0 Å². The van der Waals surface area contributed by atoms with E-state index in [1.165, 1.54) is 176 Å². The summed E-state index contributed by atoms with van der Waals surface area (Å²) in [5.74, 6) is 0. The lowest BCUT2D eigenvalue weighted by Crippen LogP contribution is -2.10. The van der Waals surface area contributed by atoms with Crippen LogP contribution in [0.15, 0.2) is 388 Å². The number of hydrogen-bond acceptors (Lipinski definition) is 0. The number of rotatable bonds is 9. The van der Waals surface area contributed by atoms with E-state index >= 15 is 0 Å². The molecular formula is C101H76. The van der Waals surface area contributed by atoms with Crippen LogP contribution in [0.3, 0.4) is 0 Å². The molecule has 0 aromatic heterocycles. The normalized spacial score (nSPS) is 11.4. The van der Waals surface area contributed by atoms with Crippen LogP contribution in [-0.2, 0) is 5.41 Å². The van der Waals surface area contributed by atoms with E-state index in [4.69, 9.17) is 0 Å². The summed E-state index contributed by atoms with van der Waals surface area (Å²) in [7, 11) is 0. The Labute approximate surface area is 593 Å². The molecule has 0 spiro atoms. The van der Waals surface area contributed by atoms with Crippen LogP contribution < -0.4 is 0 Å². The molecule has 0 saturated heterocycles. The van der Waals surface area contributed by atoms with Gasteiger partial charge in [0.1, 0.15) is 0 Å². The first kappa shape index (κ1) is 63.3.